The monoisotopic (exact) mass is 450 g/mol. The van der Waals surface area contributed by atoms with Crippen LogP contribution in [0.4, 0.5) is 0 Å². The molecule has 0 saturated heterocycles. The molecule has 8 heteroatoms. The van der Waals surface area contributed by atoms with Crippen molar-refractivity contribution in [1.82, 2.24) is 19.1 Å². The fraction of sp³-hybridized carbons (Fsp3) is 0.130. The van der Waals surface area contributed by atoms with Gasteiger partial charge in [0.15, 0.2) is 0 Å². The Bertz CT molecular complexity index is 1200. The second-order valence-corrected chi connectivity index (χ2v) is 9.92. The highest BCUT2D eigenvalue weighted by Gasteiger charge is 2.33. The molecule has 2 aromatic heterocycles. The minimum Gasteiger partial charge on any atom is -0.248 e. The van der Waals surface area contributed by atoms with E-state index in [2.05, 4.69) is 16.7 Å². The summed E-state index contributed by atoms with van der Waals surface area (Å²) in [6, 6.07) is 19.2. The van der Waals surface area contributed by atoms with Crippen LogP contribution in [-0.4, -0.2) is 27.5 Å². The van der Waals surface area contributed by atoms with E-state index in [-0.39, 0.29) is 13.1 Å². The Morgan fingerprint density at radius 3 is 2.29 bits per heavy atom. The predicted molar refractivity (Wildman–Crippen MR) is 123 cm³/mol. The van der Waals surface area contributed by atoms with Crippen molar-refractivity contribution in [3.63, 3.8) is 0 Å². The van der Waals surface area contributed by atoms with Crippen molar-refractivity contribution in [1.29, 1.82) is 0 Å². The summed E-state index contributed by atoms with van der Waals surface area (Å²) in [5.74, 6) is 0. The van der Waals surface area contributed by atoms with Gasteiger partial charge >= 0.3 is 0 Å². The number of sulfonamides is 1. The van der Waals surface area contributed by atoms with E-state index in [4.69, 9.17) is 0 Å². The first-order chi connectivity index (χ1) is 15.1. The lowest BCUT2D eigenvalue weighted by Gasteiger charge is -2.25. The van der Waals surface area contributed by atoms with Gasteiger partial charge in [0.25, 0.3) is 0 Å². The molecule has 0 saturated carbocycles. The van der Waals surface area contributed by atoms with E-state index in [1.165, 1.54) is 21.7 Å². The van der Waals surface area contributed by atoms with Crippen molar-refractivity contribution in [2.45, 2.75) is 18.3 Å². The molecule has 0 bridgehead atoms. The van der Waals surface area contributed by atoms with E-state index in [1.807, 2.05) is 66.9 Å². The Morgan fingerprint density at radius 1 is 1.00 bits per heavy atom. The number of hydrogen-bond acceptors (Lipinski definition) is 5. The molecule has 0 radical (unpaired) electrons. The molecule has 0 aliphatic rings. The van der Waals surface area contributed by atoms with Gasteiger partial charge in [0, 0.05) is 37.1 Å². The number of thiazole rings is 1. The fourth-order valence-corrected chi connectivity index (χ4v) is 5.97. The Hall–Kier alpha value is -3.07. The molecule has 1 atom stereocenters. The maximum Gasteiger partial charge on any atom is 0.227 e. The SMILES string of the molecule is C=CC(c1nccs1)S(=O)(=O)N(Cc1ccccc1)Cc1ccc(-n2cccn2)cc1. The molecule has 0 amide bonds. The van der Waals surface area contributed by atoms with Gasteiger partial charge in [-0.05, 0) is 29.3 Å². The summed E-state index contributed by atoms with van der Waals surface area (Å²) in [7, 11) is -3.74. The molecule has 4 rings (SSSR count). The molecule has 2 aromatic carbocycles. The van der Waals surface area contributed by atoms with Crippen LogP contribution in [0.5, 0.6) is 0 Å². The van der Waals surface area contributed by atoms with E-state index in [9.17, 15) is 8.42 Å². The molecule has 0 spiro atoms. The summed E-state index contributed by atoms with van der Waals surface area (Å²) in [6.07, 6.45) is 6.65. The third-order valence-electron chi connectivity index (χ3n) is 4.86. The highest BCUT2D eigenvalue weighted by Crippen LogP contribution is 2.30. The molecular formula is C23H22N4O2S2. The lowest BCUT2D eigenvalue weighted by Crippen LogP contribution is -2.33. The van der Waals surface area contributed by atoms with E-state index in [0.717, 1.165) is 16.8 Å². The largest absolute Gasteiger partial charge is 0.248 e. The Labute approximate surface area is 186 Å². The maximum absolute atomic E-state index is 13.6. The number of aromatic nitrogens is 3. The van der Waals surface area contributed by atoms with Crippen molar-refractivity contribution >= 4 is 21.4 Å². The topological polar surface area (TPSA) is 68.1 Å². The first kappa shape index (κ1) is 21.2. The van der Waals surface area contributed by atoms with Crippen molar-refractivity contribution in [3.8, 4) is 5.69 Å². The van der Waals surface area contributed by atoms with Gasteiger partial charge in [0.05, 0.1) is 5.69 Å². The Balaban J connectivity index is 1.65. The summed E-state index contributed by atoms with van der Waals surface area (Å²) in [4.78, 5) is 4.22. The Kier molecular flexibility index (Phi) is 6.41. The normalized spacial score (nSPS) is 12.7. The Morgan fingerprint density at radius 2 is 1.71 bits per heavy atom. The average Bonchev–Trinajstić information content (AvgIpc) is 3.50. The lowest BCUT2D eigenvalue weighted by atomic mass is 10.2. The van der Waals surface area contributed by atoms with Crippen LogP contribution in [-0.2, 0) is 23.1 Å². The molecule has 1 unspecified atom stereocenters. The maximum atomic E-state index is 13.6. The zero-order chi connectivity index (χ0) is 21.7. The van der Waals surface area contributed by atoms with Gasteiger partial charge in [0.1, 0.15) is 10.3 Å². The highest BCUT2D eigenvalue weighted by molar-refractivity contribution is 7.89. The lowest BCUT2D eigenvalue weighted by molar-refractivity contribution is 0.397. The van der Waals surface area contributed by atoms with Gasteiger partial charge in [-0.15, -0.1) is 17.9 Å². The van der Waals surface area contributed by atoms with Crippen molar-refractivity contribution in [3.05, 3.63) is 113 Å². The van der Waals surface area contributed by atoms with Crippen molar-refractivity contribution in [2.24, 2.45) is 0 Å². The van der Waals surface area contributed by atoms with E-state index in [1.54, 1.807) is 22.5 Å². The standard InChI is InChI=1S/C23H22N4O2S2/c1-2-22(23-24-14-16-30-23)31(28,29)26(17-19-7-4-3-5-8-19)18-20-9-11-21(12-10-20)27-15-6-13-25-27/h2-16,22H,1,17-18H2. The van der Waals surface area contributed by atoms with Gasteiger partial charge in [-0.25, -0.2) is 18.1 Å². The van der Waals surface area contributed by atoms with Gasteiger partial charge in [-0.1, -0.05) is 48.5 Å². The predicted octanol–water partition coefficient (Wildman–Crippen LogP) is 4.59. The van der Waals surface area contributed by atoms with E-state index < -0.39 is 15.3 Å². The third-order valence-corrected chi connectivity index (χ3v) is 7.90. The minimum atomic E-state index is -3.74. The second-order valence-electron chi connectivity index (χ2n) is 6.94. The average molecular weight is 451 g/mol. The van der Waals surface area contributed by atoms with Gasteiger partial charge in [0.2, 0.25) is 10.0 Å². The third kappa shape index (κ3) is 4.82. The number of rotatable bonds is 9. The molecule has 158 valence electrons. The van der Waals surface area contributed by atoms with Gasteiger partial charge < -0.3 is 0 Å². The van der Waals surface area contributed by atoms with Crippen LogP contribution >= 0.6 is 11.3 Å². The van der Waals surface area contributed by atoms with Crippen LogP contribution in [0.25, 0.3) is 5.69 Å². The number of hydrogen-bond donors (Lipinski definition) is 0. The summed E-state index contributed by atoms with van der Waals surface area (Å²) in [5.41, 5.74) is 2.72. The van der Waals surface area contributed by atoms with Crippen molar-refractivity contribution < 1.29 is 8.42 Å². The van der Waals surface area contributed by atoms with Crippen LogP contribution < -0.4 is 0 Å². The number of benzene rings is 2. The summed E-state index contributed by atoms with van der Waals surface area (Å²) < 4.78 is 30.5. The zero-order valence-corrected chi connectivity index (χ0v) is 18.4. The van der Waals surface area contributed by atoms with Crippen LogP contribution in [0, 0.1) is 0 Å². The molecule has 2 heterocycles. The molecule has 0 aliphatic carbocycles. The van der Waals surface area contributed by atoms with Gasteiger partial charge in [-0.3, -0.25) is 0 Å². The summed E-state index contributed by atoms with van der Waals surface area (Å²) in [5, 5.41) is 5.63. The molecule has 31 heavy (non-hydrogen) atoms. The molecule has 0 aliphatic heterocycles. The van der Waals surface area contributed by atoms with Crippen LogP contribution in [0.3, 0.4) is 0 Å². The smallest absolute Gasteiger partial charge is 0.227 e. The first-order valence-corrected chi connectivity index (χ1v) is 12.1. The molecular weight excluding hydrogens is 428 g/mol. The summed E-state index contributed by atoms with van der Waals surface area (Å²) >= 11 is 1.32. The summed E-state index contributed by atoms with van der Waals surface area (Å²) in [6.45, 7) is 4.28. The first-order valence-electron chi connectivity index (χ1n) is 9.72. The van der Waals surface area contributed by atoms with Crippen molar-refractivity contribution in [2.75, 3.05) is 0 Å². The van der Waals surface area contributed by atoms with Crippen LogP contribution in [0.1, 0.15) is 21.4 Å². The molecule has 0 fully saturated rings. The highest BCUT2D eigenvalue weighted by atomic mass is 32.2. The zero-order valence-electron chi connectivity index (χ0n) is 16.8. The molecule has 0 N–H and O–H groups in total. The minimum absolute atomic E-state index is 0.242. The second kappa shape index (κ2) is 9.38. The fourth-order valence-electron chi connectivity index (χ4n) is 3.29. The van der Waals surface area contributed by atoms with Gasteiger partial charge in [-0.2, -0.15) is 9.40 Å². The van der Waals surface area contributed by atoms with E-state index >= 15 is 0 Å². The van der Waals surface area contributed by atoms with E-state index in [0.29, 0.717) is 5.01 Å². The molecule has 6 nitrogen and oxygen atoms in total. The number of nitrogens with zero attached hydrogens (tertiary/aromatic N) is 4. The molecule has 4 aromatic rings. The van der Waals surface area contributed by atoms with Crippen LogP contribution in [0.2, 0.25) is 0 Å². The quantitative estimate of drug-likeness (QED) is 0.350. The van der Waals surface area contributed by atoms with Crippen LogP contribution in [0.15, 0.2) is 97.3 Å².